The first-order valence-electron chi connectivity index (χ1n) is 22.0. The molecule has 0 aromatic heterocycles. The van der Waals surface area contributed by atoms with Gasteiger partial charge >= 0.3 is 0 Å². The fourth-order valence-electron chi connectivity index (χ4n) is 12.7. The van der Waals surface area contributed by atoms with Crippen molar-refractivity contribution in [3.63, 3.8) is 0 Å². The molecule has 2 atom stereocenters. The van der Waals surface area contributed by atoms with E-state index in [-0.39, 0.29) is 16.2 Å². The normalized spacial score (nSPS) is 23.2. The Bertz CT molecular complexity index is 2830. The van der Waals surface area contributed by atoms with Crippen LogP contribution < -0.4 is 4.90 Å². The van der Waals surface area contributed by atoms with Crippen LogP contribution in [0, 0.1) is 5.92 Å². The second-order valence-corrected chi connectivity index (χ2v) is 19.8. The molecule has 1 heteroatoms. The molecule has 2 unspecified atom stereocenters. The predicted octanol–water partition coefficient (Wildman–Crippen LogP) is 14.6. The third-order valence-electron chi connectivity index (χ3n) is 15.7. The van der Waals surface area contributed by atoms with Gasteiger partial charge in [0.15, 0.2) is 0 Å². The maximum Gasteiger partial charge on any atom is 0.0540 e. The van der Waals surface area contributed by atoms with Gasteiger partial charge in [-0.2, -0.15) is 0 Å². The highest BCUT2D eigenvalue weighted by atomic mass is 15.2. The van der Waals surface area contributed by atoms with Crippen LogP contribution in [0.5, 0.6) is 0 Å². The highest BCUT2D eigenvalue weighted by molar-refractivity contribution is 5.94. The molecule has 5 aromatic carbocycles. The summed E-state index contributed by atoms with van der Waals surface area (Å²) in [7, 11) is 0. The van der Waals surface area contributed by atoms with Gasteiger partial charge in [-0.1, -0.05) is 163 Å². The second kappa shape index (κ2) is 11.8. The van der Waals surface area contributed by atoms with Crippen molar-refractivity contribution in [3.05, 3.63) is 188 Å². The Morgan fingerprint density at radius 2 is 1.26 bits per heavy atom. The van der Waals surface area contributed by atoms with E-state index < -0.39 is 0 Å². The van der Waals surface area contributed by atoms with Crippen LogP contribution in [0.1, 0.15) is 134 Å². The minimum Gasteiger partial charge on any atom is -0.312 e. The lowest BCUT2D eigenvalue weighted by molar-refractivity contribution is 0.339. The van der Waals surface area contributed by atoms with Gasteiger partial charge in [0.1, 0.15) is 0 Å². The van der Waals surface area contributed by atoms with E-state index in [0.29, 0.717) is 11.8 Å². The molecule has 0 radical (unpaired) electrons. The molecule has 0 bridgehead atoms. The van der Waals surface area contributed by atoms with E-state index in [0.717, 1.165) is 38.5 Å². The summed E-state index contributed by atoms with van der Waals surface area (Å²) in [5.41, 5.74) is 25.3. The number of hydrogen-bond acceptors (Lipinski definition) is 1. The van der Waals surface area contributed by atoms with Gasteiger partial charge in [-0.05, 0) is 133 Å². The summed E-state index contributed by atoms with van der Waals surface area (Å²) < 4.78 is 0. The van der Waals surface area contributed by atoms with Gasteiger partial charge < -0.3 is 4.90 Å². The minimum absolute atomic E-state index is 0.0316. The summed E-state index contributed by atoms with van der Waals surface area (Å²) in [5, 5.41) is 2.60. The first kappa shape index (κ1) is 34.6. The summed E-state index contributed by atoms with van der Waals surface area (Å²) in [6.07, 6.45) is 26.6. The Morgan fingerprint density at radius 3 is 1.97 bits per heavy atom. The number of nitrogens with zero attached hydrogens (tertiary/aromatic N) is 1. The summed E-state index contributed by atoms with van der Waals surface area (Å²) in [5.74, 6) is 0.699. The number of rotatable bonds is 3. The molecule has 0 saturated heterocycles. The monoisotopic (exact) mass is 751 g/mol. The molecule has 3 heterocycles. The van der Waals surface area contributed by atoms with E-state index in [1.54, 1.807) is 33.5 Å². The fourth-order valence-corrected chi connectivity index (χ4v) is 12.7. The van der Waals surface area contributed by atoms with Crippen LogP contribution in [0.25, 0.3) is 34.1 Å². The van der Waals surface area contributed by atoms with Gasteiger partial charge in [0.2, 0.25) is 0 Å². The molecular weight excluding hydrogens is 699 g/mol. The molecule has 5 aromatic rings. The van der Waals surface area contributed by atoms with Crippen molar-refractivity contribution in [2.24, 2.45) is 5.92 Å². The smallest absolute Gasteiger partial charge is 0.0540 e. The van der Waals surface area contributed by atoms with E-state index in [1.165, 1.54) is 72.2 Å². The Balaban J connectivity index is 1.07. The Kier molecular flexibility index (Phi) is 7.07. The molecular formula is C57H53N. The summed E-state index contributed by atoms with van der Waals surface area (Å²) in [6.45, 7) is 15.1. The molecule has 58 heavy (non-hydrogen) atoms. The SMILES string of the molecule is CC1(C)C2=C3C(CC(c4c5c(c(C6C=C(c7ccc8ccccc8c7)C=CC6)c6c4CCC=C6)C=CCC5)=C2)C(C)(C)c2cccc4c2N3c2c1cccc2C4(C)C. The van der Waals surface area contributed by atoms with Gasteiger partial charge in [-0.25, -0.2) is 0 Å². The molecule has 4 aliphatic carbocycles. The zero-order valence-corrected chi connectivity index (χ0v) is 35.0. The van der Waals surface area contributed by atoms with Crippen LogP contribution in [0.15, 0.2) is 127 Å². The number of para-hydroxylation sites is 2. The van der Waals surface area contributed by atoms with Crippen molar-refractivity contribution in [2.75, 3.05) is 4.90 Å². The maximum atomic E-state index is 2.78. The number of hydrogen-bond donors (Lipinski definition) is 0. The highest BCUT2D eigenvalue weighted by Gasteiger charge is 2.55. The molecule has 12 rings (SSSR count). The van der Waals surface area contributed by atoms with E-state index >= 15 is 0 Å². The number of allylic oxidation sites excluding steroid dienone is 10. The van der Waals surface area contributed by atoms with Crippen LogP contribution in [-0.2, 0) is 29.1 Å². The molecule has 0 amide bonds. The van der Waals surface area contributed by atoms with Gasteiger partial charge in [0.25, 0.3) is 0 Å². The molecule has 0 N–H and O–H groups in total. The van der Waals surface area contributed by atoms with Crippen LogP contribution in [-0.4, -0.2) is 0 Å². The molecule has 3 aliphatic heterocycles. The second-order valence-electron chi connectivity index (χ2n) is 19.8. The van der Waals surface area contributed by atoms with Crippen LogP contribution >= 0.6 is 0 Å². The number of fused-ring (bicyclic) bond motifs is 3. The molecule has 286 valence electrons. The van der Waals surface area contributed by atoms with Gasteiger partial charge in [0, 0.05) is 33.8 Å². The van der Waals surface area contributed by atoms with Crippen LogP contribution in [0.4, 0.5) is 11.4 Å². The first-order valence-corrected chi connectivity index (χ1v) is 22.0. The zero-order chi connectivity index (χ0) is 39.3. The third kappa shape index (κ3) is 4.49. The highest BCUT2D eigenvalue weighted by Crippen LogP contribution is 2.67. The van der Waals surface area contributed by atoms with E-state index in [1.807, 2.05) is 0 Å². The van der Waals surface area contributed by atoms with Gasteiger partial charge in [-0.15, -0.1) is 0 Å². The van der Waals surface area contributed by atoms with E-state index in [2.05, 4.69) is 174 Å². The lowest BCUT2D eigenvalue weighted by atomic mass is 9.55. The third-order valence-corrected chi connectivity index (χ3v) is 15.7. The van der Waals surface area contributed by atoms with Crippen molar-refractivity contribution < 1.29 is 0 Å². The topological polar surface area (TPSA) is 3.24 Å². The van der Waals surface area contributed by atoms with Crippen molar-refractivity contribution in [1.29, 1.82) is 0 Å². The maximum absolute atomic E-state index is 2.78. The summed E-state index contributed by atoms with van der Waals surface area (Å²) in [6, 6.07) is 30.1. The average Bonchev–Trinajstić information content (AvgIpc) is 3.24. The van der Waals surface area contributed by atoms with Crippen molar-refractivity contribution in [2.45, 2.75) is 102 Å². The average molecular weight is 752 g/mol. The number of anilines is 2. The first-order chi connectivity index (χ1) is 28.0. The van der Waals surface area contributed by atoms with E-state index in [4.69, 9.17) is 0 Å². The minimum atomic E-state index is -0.130. The van der Waals surface area contributed by atoms with Crippen molar-refractivity contribution in [3.8, 4) is 0 Å². The Labute approximate surface area is 344 Å². The Morgan fingerprint density at radius 1 is 0.621 bits per heavy atom. The fraction of sp³-hybridized carbons (Fsp3) is 0.298. The molecule has 7 aliphatic rings. The Hall–Kier alpha value is -5.40. The zero-order valence-electron chi connectivity index (χ0n) is 35.0. The van der Waals surface area contributed by atoms with Gasteiger partial charge in [-0.3, -0.25) is 0 Å². The van der Waals surface area contributed by atoms with Crippen molar-refractivity contribution >= 4 is 45.4 Å². The molecule has 0 fully saturated rings. The molecule has 1 nitrogen and oxygen atoms in total. The summed E-state index contributed by atoms with van der Waals surface area (Å²) >= 11 is 0. The summed E-state index contributed by atoms with van der Waals surface area (Å²) in [4.78, 5) is 2.78. The standard InChI is InChI=1S/C57H53N/c1-55(2)44-24-14-26-46-52(44)58-53-45(55)25-15-27-47(53)57(5,6)49-33-39(32-48(54(49)58)56(46,3)4)51-42-22-11-9-20-40(42)50(41-21-10-12-23-43(41)51)38-19-13-18-36(31-38)37-29-28-34-16-7-8-17-35(34)30-37/h7-10,13-18,20-21,24-32,38,49H,11-12,19,22-23,33H2,1-6H3. The van der Waals surface area contributed by atoms with Crippen LogP contribution in [0.3, 0.4) is 0 Å². The van der Waals surface area contributed by atoms with Crippen LogP contribution in [0.2, 0.25) is 0 Å². The van der Waals surface area contributed by atoms with Gasteiger partial charge in [0.05, 0.1) is 11.4 Å². The number of benzene rings is 5. The molecule has 0 spiro atoms. The predicted molar refractivity (Wildman–Crippen MR) is 246 cm³/mol. The van der Waals surface area contributed by atoms with Crippen molar-refractivity contribution in [1.82, 2.24) is 0 Å². The van der Waals surface area contributed by atoms with E-state index in [9.17, 15) is 0 Å². The lowest BCUT2D eigenvalue weighted by Gasteiger charge is -2.59. The molecule has 0 saturated carbocycles. The largest absolute Gasteiger partial charge is 0.312 e. The lowest BCUT2D eigenvalue weighted by Crippen LogP contribution is -2.51. The quantitative estimate of drug-likeness (QED) is 0.177.